The molecule has 1 saturated heterocycles. The van der Waals surface area contributed by atoms with E-state index >= 15 is 0 Å². The number of carbonyl (C=O) groups excluding carboxylic acids is 1. The SMILES string of the molecule is CC(NC(=O)C=Cc1ccccc1Cl)c1cccc(N2CCN(c3ccccn3)CC2)c1. The number of amides is 1. The molecule has 2 heterocycles. The van der Waals surface area contributed by atoms with E-state index in [-0.39, 0.29) is 11.9 Å². The Morgan fingerprint density at radius 1 is 1.00 bits per heavy atom. The highest BCUT2D eigenvalue weighted by molar-refractivity contribution is 6.32. The van der Waals surface area contributed by atoms with Gasteiger partial charge in [0.05, 0.1) is 6.04 Å². The number of pyridine rings is 1. The number of piperazine rings is 1. The van der Waals surface area contributed by atoms with Crippen LogP contribution in [-0.4, -0.2) is 37.1 Å². The van der Waals surface area contributed by atoms with Gasteiger partial charge in [0.2, 0.25) is 5.91 Å². The van der Waals surface area contributed by atoms with E-state index in [0.717, 1.165) is 43.1 Å². The second kappa shape index (κ2) is 10.3. The average molecular weight is 447 g/mol. The largest absolute Gasteiger partial charge is 0.368 e. The highest BCUT2D eigenvalue weighted by Gasteiger charge is 2.19. The first-order chi connectivity index (χ1) is 15.6. The lowest BCUT2D eigenvalue weighted by atomic mass is 10.1. The molecule has 4 rings (SSSR count). The lowest BCUT2D eigenvalue weighted by Gasteiger charge is -2.37. The Morgan fingerprint density at radius 2 is 1.75 bits per heavy atom. The van der Waals surface area contributed by atoms with Crippen LogP contribution >= 0.6 is 11.6 Å². The predicted molar refractivity (Wildman–Crippen MR) is 132 cm³/mol. The number of rotatable bonds is 6. The molecule has 0 radical (unpaired) electrons. The van der Waals surface area contributed by atoms with Crippen LogP contribution in [-0.2, 0) is 4.79 Å². The van der Waals surface area contributed by atoms with Crippen LogP contribution in [0.2, 0.25) is 5.02 Å². The number of nitrogens with zero attached hydrogens (tertiary/aromatic N) is 3. The van der Waals surface area contributed by atoms with Crippen LogP contribution in [0.25, 0.3) is 6.08 Å². The molecule has 1 atom stereocenters. The number of anilines is 2. The number of hydrogen-bond acceptors (Lipinski definition) is 4. The summed E-state index contributed by atoms with van der Waals surface area (Å²) in [5.74, 6) is 0.883. The zero-order valence-electron chi connectivity index (χ0n) is 18.1. The van der Waals surface area contributed by atoms with E-state index in [0.29, 0.717) is 5.02 Å². The number of carbonyl (C=O) groups is 1. The Labute approximate surface area is 194 Å². The Bertz CT molecular complexity index is 1080. The molecule has 1 amide bonds. The Kier molecular flexibility index (Phi) is 7.07. The quantitative estimate of drug-likeness (QED) is 0.544. The minimum Gasteiger partial charge on any atom is -0.368 e. The lowest BCUT2D eigenvalue weighted by Crippen LogP contribution is -2.46. The Hall–Kier alpha value is -3.31. The van der Waals surface area contributed by atoms with Crippen LogP contribution < -0.4 is 15.1 Å². The first kappa shape index (κ1) is 21.9. The topological polar surface area (TPSA) is 48.5 Å². The molecule has 164 valence electrons. The molecule has 32 heavy (non-hydrogen) atoms. The van der Waals surface area contributed by atoms with Crippen molar-refractivity contribution in [3.8, 4) is 0 Å². The molecule has 5 nitrogen and oxygen atoms in total. The van der Waals surface area contributed by atoms with Crippen LogP contribution in [0.15, 0.2) is 79.0 Å². The zero-order chi connectivity index (χ0) is 22.3. The minimum atomic E-state index is -0.146. The van der Waals surface area contributed by atoms with E-state index in [1.807, 2.05) is 49.5 Å². The van der Waals surface area contributed by atoms with Crippen molar-refractivity contribution >= 4 is 35.1 Å². The molecule has 0 bridgehead atoms. The van der Waals surface area contributed by atoms with Crippen LogP contribution in [0.1, 0.15) is 24.1 Å². The summed E-state index contributed by atoms with van der Waals surface area (Å²) >= 11 is 6.15. The molecule has 0 saturated carbocycles. The first-order valence-electron chi connectivity index (χ1n) is 10.8. The maximum absolute atomic E-state index is 12.4. The highest BCUT2D eigenvalue weighted by atomic mass is 35.5. The van der Waals surface area contributed by atoms with Crippen molar-refractivity contribution in [2.24, 2.45) is 0 Å². The summed E-state index contributed by atoms with van der Waals surface area (Å²) in [4.78, 5) is 21.6. The molecule has 0 spiro atoms. The fourth-order valence-electron chi connectivity index (χ4n) is 3.85. The second-order valence-electron chi connectivity index (χ2n) is 7.84. The summed E-state index contributed by atoms with van der Waals surface area (Å²) in [7, 11) is 0. The average Bonchev–Trinajstić information content (AvgIpc) is 2.84. The smallest absolute Gasteiger partial charge is 0.244 e. The Balaban J connectivity index is 1.35. The summed E-state index contributed by atoms with van der Waals surface area (Å²) in [6, 6.07) is 21.8. The summed E-state index contributed by atoms with van der Waals surface area (Å²) in [6.07, 6.45) is 5.10. The predicted octanol–water partition coefficient (Wildman–Crippen LogP) is 4.95. The third kappa shape index (κ3) is 5.48. The van der Waals surface area contributed by atoms with Crippen LogP contribution in [0.3, 0.4) is 0 Å². The summed E-state index contributed by atoms with van der Waals surface area (Å²) in [5, 5.41) is 3.67. The van der Waals surface area contributed by atoms with Crippen molar-refractivity contribution in [2.75, 3.05) is 36.0 Å². The van der Waals surface area contributed by atoms with Gasteiger partial charge in [-0.1, -0.05) is 48.0 Å². The maximum Gasteiger partial charge on any atom is 0.244 e. The summed E-state index contributed by atoms with van der Waals surface area (Å²) in [5.41, 5.74) is 3.08. The van der Waals surface area contributed by atoms with Gasteiger partial charge < -0.3 is 15.1 Å². The van der Waals surface area contributed by atoms with Crippen molar-refractivity contribution < 1.29 is 4.79 Å². The monoisotopic (exact) mass is 446 g/mol. The molecule has 1 aliphatic heterocycles. The van der Waals surface area contributed by atoms with Gasteiger partial charge in [0, 0.05) is 49.2 Å². The third-order valence-electron chi connectivity index (χ3n) is 5.67. The van der Waals surface area contributed by atoms with Gasteiger partial charge >= 0.3 is 0 Å². The number of aromatic nitrogens is 1. The molecule has 6 heteroatoms. The lowest BCUT2D eigenvalue weighted by molar-refractivity contribution is -0.117. The van der Waals surface area contributed by atoms with Crippen molar-refractivity contribution in [3.63, 3.8) is 0 Å². The van der Waals surface area contributed by atoms with Gasteiger partial charge in [0.15, 0.2) is 0 Å². The fourth-order valence-corrected chi connectivity index (χ4v) is 4.04. The molecular weight excluding hydrogens is 420 g/mol. The molecule has 1 fully saturated rings. The number of benzene rings is 2. The fraction of sp³-hybridized carbons (Fsp3) is 0.231. The van der Waals surface area contributed by atoms with Crippen molar-refractivity contribution in [2.45, 2.75) is 13.0 Å². The van der Waals surface area contributed by atoms with Crippen LogP contribution in [0.4, 0.5) is 11.5 Å². The molecule has 2 aromatic carbocycles. The van der Waals surface area contributed by atoms with Gasteiger partial charge in [-0.3, -0.25) is 4.79 Å². The summed E-state index contributed by atoms with van der Waals surface area (Å²) < 4.78 is 0. The van der Waals surface area contributed by atoms with Gasteiger partial charge in [-0.15, -0.1) is 0 Å². The van der Waals surface area contributed by atoms with Gasteiger partial charge in [0.1, 0.15) is 5.82 Å². The minimum absolute atomic E-state index is 0.104. The first-order valence-corrected chi connectivity index (χ1v) is 11.2. The van der Waals surface area contributed by atoms with Crippen molar-refractivity contribution in [3.05, 3.63) is 95.2 Å². The number of halogens is 1. The number of hydrogen-bond donors (Lipinski definition) is 1. The molecular formula is C26H27ClN4O. The second-order valence-corrected chi connectivity index (χ2v) is 8.25. The van der Waals surface area contributed by atoms with Gasteiger partial charge in [-0.25, -0.2) is 4.98 Å². The molecule has 1 N–H and O–H groups in total. The van der Waals surface area contributed by atoms with Crippen LogP contribution in [0, 0.1) is 0 Å². The van der Waals surface area contributed by atoms with E-state index < -0.39 is 0 Å². The van der Waals surface area contributed by atoms with Gasteiger partial charge in [-0.05, 0) is 54.5 Å². The standard InChI is InChI=1S/C26H27ClN4O/c1-20(29-26(32)13-12-21-7-2-3-10-24(21)27)22-8-6-9-23(19-22)30-15-17-31(18-16-30)25-11-4-5-14-28-25/h2-14,19-20H,15-18H2,1H3,(H,29,32). The van der Waals surface area contributed by atoms with Gasteiger partial charge in [0.25, 0.3) is 0 Å². The van der Waals surface area contributed by atoms with Crippen molar-refractivity contribution in [1.82, 2.24) is 10.3 Å². The van der Waals surface area contributed by atoms with E-state index in [1.54, 1.807) is 6.08 Å². The van der Waals surface area contributed by atoms with E-state index in [1.165, 1.54) is 11.8 Å². The van der Waals surface area contributed by atoms with E-state index in [9.17, 15) is 4.79 Å². The normalized spacial score (nSPS) is 15.1. The molecule has 1 aromatic heterocycles. The molecule has 3 aromatic rings. The highest BCUT2D eigenvalue weighted by Crippen LogP contribution is 2.23. The van der Waals surface area contributed by atoms with E-state index in [4.69, 9.17) is 11.6 Å². The summed E-state index contributed by atoms with van der Waals surface area (Å²) in [6.45, 7) is 5.72. The number of nitrogens with one attached hydrogen (secondary N) is 1. The van der Waals surface area contributed by atoms with E-state index in [2.05, 4.69) is 50.4 Å². The third-order valence-corrected chi connectivity index (χ3v) is 6.01. The van der Waals surface area contributed by atoms with Crippen LogP contribution in [0.5, 0.6) is 0 Å². The molecule has 0 aliphatic carbocycles. The van der Waals surface area contributed by atoms with Crippen molar-refractivity contribution in [1.29, 1.82) is 0 Å². The maximum atomic E-state index is 12.4. The zero-order valence-corrected chi connectivity index (χ0v) is 18.9. The molecule has 1 aliphatic rings. The Morgan fingerprint density at radius 3 is 2.50 bits per heavy atom. The molecule has 1 unspecified atom stereocenters. The van der Waals surface area contributed by atoms with Gasteiger partial charge in [-0.2, -0.15) is 0 Å².